The Bertz CT molecular complexity index is 440. The summed E-state index contributed by atoms with van der Waals surface area (Å²) in [5.74, 6) is -0.829. The van der Waals surface area contributed by atoms with Gasteiger partial charge in [0.25, 0.3) is 0 Å². The van der Waals surface area contributed by atoms with Crippen LogP contribution in [0.15, 0.2) is 30.0 Å². The van der Waals surface area contributed by atoms with Gasteiger partial charge in [-0.2, -0.15) is 0 Å². The quantitative estimate of drug-likeness (QED) is 0.595. The van der Waals surface area contributed by atoms with E-state index in [2.05, 4.69) is 0 Å². The zero-order valence-electron chi connectivity index (χ0n) is 8.00. The smallest absolute Gasteiger partial charge is 0.194 e. The van der Waals surface area contributed by atoms with E-state index in [4.69, 9.17) is 10.5 Å². The van der Waals surface area contributed by atoms with Crippen molar-refractivity contribution < 1.29 is 13.9 Å². The number of ether oxygens (including phenoxy) is 1. The van der Waals surface area contributed by atoms with E-state index in [0.29, 0.717) is 18.6 Å². The van der Waals surface area contributed by atoms with Gasteiger partial charge in [-0.3, -0.25) is 4.79 Å². The first-order valence-corrected chi connectivity index (χ1v) is 4.59. The number of carbonyl (C=O) groups excluding carboxylic acids is 1. The minimum atomic E-state index is -0.569. The molecule has 0 aliphatic carbocycles. The maximum absolute atomic E-state index is 13.1. The average molecular weight is 207 g/mol. The van der Waals surface area contributed by atoms with E-state index in [1.807, 2.05) is 0 Å². The van der Waals surface area contributed by atoms with Gasteiger partial charge in [0, 0.05) is 17.6 Å². The van der Waals surface area contributed by atoms with E-state index in [-0.39, 0.29) is 17.0 Å². The van der Waals surface area contributed by atoms with Gasteiger partial charge in [0.1, 0.15) is 5.82 Å². The Labute approximate surface area is 86.3 Å². The lowest BCUT2D eigenvalue weighted by atomic mass is 10.0. The number of anilines is 1. The molecule has 0 aromatic heterocycles. The Morgan fingerprint density at radius 3 is 2.93 bits per heavy atom. The largest absolute Gasteiger partial charge is 0.500 e. The molecule has 0 bridgehead atoms. The topological polar surface area (TPSA) is 52.3 Å². The third kappa shape index (κ3) is 1.70. The molecule has 0 saturated carbocycles. The van der Waals surface area contributed by atoms with E-state index >= 15 is 0 Å². The molecule has 1 heterocycles. The number of hydrogen-bond acceptors (Lipinski definition) is 3. The predicted molar refractivity (Wildman–Crippen MR) is 53.8 cm³/mol. The number of benzene rings is 1. The fraction of sp³-hybridized carbons (Fsp3) is 0.182. The van der Waals surface area contributed by atoms with Crippen LogP contribution >= 0.6 is 0 Å². The summed E-state index contributed by atoms with van der Waals surface area (Å²) in [4.78, 5) is 11.8. The van der Waals surface area contributed by atoms with Crippen molar-refractivity contribution in [3.63, 3.8) is 0 Å². The van der Waals surface area contributed by atoms with Crippen LogP contribution < -0.4 is 5.73 Å². The monoisotopic (exact) mass is 207 g/mol. The number of para-hydroxylation sites is 1. The molecule has 1 aliphatic rings. The molecular formula is C11H10FNO2. The lowest BCUT2D eigenvalue weighted by Crippen LogP contribution is -2.07. The van der Waals surface area contributed by atoms with Crippen LogP contribution in [0.5, 0.6) is 0 Å². The lowest BCUT2D eigenvalue weighted by molar-refractivity contribution is 0.103. The minimum absolute atomic E-state index is 0.102. The molecule has 0 atom stereocenters. The molecule has 0 spiro atoms. The molecule has 15 heavy (non-hydrogen) atoms. The van der Waals surface area contributed by atoms with Crippen molar-refractivity contribution in [2.45, 2.75) is 6.42 Å². The molecule has 1 aliphatic heterocycles. The molecule has 0 fully saturated rings. The maximum atomic E-state index is 13.1. The second kappa shape index (κ2) is 3.73. The lowest BCUT2D eigenvalue weighted by Gasteiger charge is -2.04. The van der Waals surface area contributed by atoms with E-state index in [1.165, 1.54) is 24.5 Å². The Hall–Kier alpha value is -1.84. The molecule has 0 saturated heterocycles. The van der Waals surface area contributed by atoms with Crippen LogP contribution in [-0.2, 0) is 4.74 Å². The number of hydrogen-bond donors (Lipinski definition) is 1. The van der Waals surface area contributed by atoms with E-state index < -0.39 is 5.82 Å². The predicted octanol–water partition coefficient (Wildman–Crippen LogP) is 1.89. The van der Waals surface area contributed by atoms with Gasteiger partial charge in [0.2, 0.25) is 0 Å². The van der Waals surface area contributed by atoms with Gasteiger partial charge in [-0.1, -0.05) is 6.07 Å². The van der Waals surface area contributed by atoms with E-state index in [0.717, 1.165) is 0 Å². The summed E-state index contributed by atoms with van der Waals surface area (Å²) in [5.41, 5.74) is 6.12. The summed E-state index contributed by atoms with van der Waals surface area (Å²) >= 11 is 0. The van der Waals surface area contributed by atoms with Crippen molar-refractivity contribution in [1.29, 1.82) is 0 Å². The molecule has 2 rings (SSSR count). The summed E-state index contributed by atoms with van der Waals surface area (Å²) in [7, 11) is 0. The molecule has 0 amide bonds. The van der Waals surface area contributed by atoms with Crippen LogP contribution in [0.1, 0.15) is 16.8 Å². The highest BCUT2D eigenvalue weighted by Gasteiger charge is 2.19. The SMILES string of the molecule is Nc1c(F)cccc1C(=O)C1=COCC1. The molecule has 3 nitrogen and oxygen atoms in total. The maximum Gasteiger partial charge on any atom is 0.194 e. The van der Waals surface area contributed by atoms with Crippen LogP contribution in [0, 0.1) is 5.82 Å². The van der Waals surface area contributed by atoms with Crippen molar-refractivity contribution in [3.05, 3.63) is 41.4 Å². The van der Waals surface area contributed by atoms with Crippen molar-refractivity contribution in [3.8, 4) is 0 Å². The first-order valence-electron chi connectivity index (χ1n) is 4.59. The highest BCUT2D eigenvalue weighted by molar-refractivity contribution is 6.11. The molecule has 78 valence electrons. The number of Topliss-reactive ketones (excluding diaryl/α,β-unsaturated/α-hetero) is 1. The third-order valence-corrected chi connectivity index (χ3v) is 2.30. The second-order valence-corrected chi connectivity index (χ2v) is 3.29. The molecule has 1 aromatic carbocycles. The Morgan fingerprint density at radius 1 is 1.47 bits per heavy atom. The van der Waals surface area contributed by atoms with Crippen molar-refractivity contribution >= 4 is 11.5 Å². The number of carbonyl (C=O) groups is 1. The molecule has 1 aromatic rings. The number of nitrogens with two attached hydrogens (primary N) is 1. The summed E-state index contributed by atoms with van der Waals surface area (Å²) in [6.45, 7) is 0.496. The van der Waals surface area contributed by atoms with Gasteiger partial charge < -0.3 is 10.5 Å². The molecule has 0 radical (unpaired) electrons. The normalized spacial score (nSPS) is 14.6. The van der Waals surface area contributed by atoms with E-state index in [1.54, 1.807) is 0 Å². The van der Waals surface area contributed by atoms with Gasteiger partial charge >= 0.3 is 0 Å². The summed E-state index contributed by atoms with van der Waals surface area (Å²) in [6.07, 6.45) is 1.96. The standard InChI is InChI=1S/C11H10FNO2/c12-9-3-1-2-8(10(9)13)11(14)7-4-5-15-6-7/h1-3,6H,4-5,13H2. The molecule has 0 unspecified atom stereocenters. The van der Waals surface area contributed by atoms with Crippen LogP contribution in [0.25, 0.3) is 0 Å². The fourth-order valence-electron chi connectivity index (χ4n) is 1.46. The van der Waals surface area contributed by atoms with Crippen LogP contribution in [0.3, 0.4) is 0 Å². The Kier molecular flexibility index (Phi) is 2.41. The highest BCUT2D eigenvalue weighted by atomic mass is 19.1. The van der Waals surface area contributed by atoms with Crippen LogP contribution in [0.4, 0.5) is 10.1 Å². The fourth-order valence-corrected chi connectivity index (χ4v) is 1.46. The zero-order valence-corrected chi connectivity index (χ0v) is 8.00. The average Bonchev–Trinajstić information content (AvgIpc) is 2.74. The summed E-state index contributed by atoms with van der Waals surface area (Å²) < 4.78 is 18.1. The van der Waals surface area contributed by atoms with Gasteiger partial charge in [-0.05, 0) is 12.1 Å². The van der Waals surface area contributed by atoms with Crippen LogP contribution in [-0.4, -0.2) is 12.4 Å². The summed E-state index contributed by atoms with van der Waals surface area (Å²) in [6, 6.07) is 4.21. The molecule has 4 heteroatoms. The minimum Gasteiger partial charge on any atom is -0.500 e. The Balaban J connectivity index is 2.37. The van der Waals surface area contributed by atoms with Crippen molar-refractivity contribution in [1.82, 2.24) is 0 Å². The molecule has 2 N–H and O–H groups in total. The number of nitrogen functional groups attached to an aromatic ring is 1. The van der Waals surface area contributed by atoms with Gasteiger partial charge in [0.05, 0.1) is 18.6 Å². The highest BCUT2D eigenvalue weighted by Crippen LogP contribution is 2.22. The first-order chi connectivity index (χ1) is 7.20. The van der Waals surface area contributed by atoms with Crippen LogP contribution in [0.2, 0.25) is 0 Å². The van der Waals surface area contributed by atoms with Gasteiger partial charge in [0.15, 0.2) is 5.78 Å². The first kappa shape index (κ1) is 9.71. The summed E-state index contributed by atoms with van der Waals surface area (Å²) in [5, 5.41) is 0. The van der Waals surface area contributed by atoms with Gasteiger partial charge in [-0.15, -0.1) is 0 Å². The van der Waals surface area contributed by atoms with Crippen molar-refractivity contribution in [2.75, 3.05) is 12.3 Å². The zero-order chi connectivity index (χ0) is 10.8. The van der Waals surface area contributed by atoms with E-state index in [9.17, 15) is 9.18 Å². The number of rotatable bonds is 2. The van der Waals surface area contributed by atoms with Gasteiger partial charge in [-0.25, -0.2) is 4.39 Å². The third-order valence-electron chi connectivity index (χ3n) is 2.30. The Morgan fingerprint density at radius 2 is 2.27 bits per heavy atom. The number of halogens is 1. The second-order valence-electron chi connectivity index (χ2n) is 3.29. The molecular weight excluding hydrogens is 197 g/mol. The number of ketones is 1. The van der Waals surface area contributed by atoms with Crippen molar-refractivity contribution in [2.24, 2.45) is 0 Å².